The number of tetrazole rings is 1. The molecule has 0 saturated heterocycles. The summed E-state index contributed by atoms with van der Waals surface area (Å²) in [6, 6.07) is 12.4. The highest BCUT2D eigenvalue weighted by Gasteiger charge is 2.13. The van der Waals surface area contributed by atoms with Crippen LogP contribution in [0.4, 0.5) is 0 Å². The number of benzene rings is 1. The summed E-state index contributed by atoms with van der Waals surface area (Å²) < 4.78 is 26.7. The fourth-order valence-corrected chi connectivity index (χ4v) is 3.99. The molecule has 0 atom stereocenters. The van der Waals surface area contributed by atoms with Gasteiger partial charge in [0.2, 0.25) is 0 Å². The fraction of sp³-hybridized carbons (Fsp3) is 0.125. The Morgan fingerprint density at radius 1 is 1.12 bits per heavy atom. The molecule has 0 aliphatic rings. The van der Waals surface area contributed by atoms with Gasteiger partial charge in [0.25, 0.3) is 0 Å². The summed E-state index contributed by atoms with van der Waals surface area (Å²) in [5, 5.41) is 12.7. The van der Waals surface area contributed by atoms with E-state index >= 15 is 0 Å². The molecule has 0 spiro atoms. The number of fused-ring (bicyclic) bond motifs is 1. The zero-order valence-corrected chi connectivity index (χ0v) is 15.4. The summed E-state index contributed by atoms with van der Waals surface area (Å²) in [6.45, 7) is 0. The van der Waals surface area contributed by atoms with E-state index in [2.05, 4.69) is 20.5 Å². The standard InChI is InChI=1S/C16H14N6O2S2/c1-26(23,24)14-7-5-12(6-8-14)22-15(18-19-20-22)11-25-16-17-10-13-4-2-3-9-21(13)16/h2-10H,11H2,1H3. The first-order chi connectivity index (χ1) is 12.5. The number of hydrogen-bond donors (Lipinski definition) is 0. The fourth-order valence-electron chi connectivity index (χ4n) is 2.49. The van der Waals surface area contributed by atoms with E-state index in [1.54, 1.807) is 28.9 Å². The molecule has 0 radical (unpaired) electrons. The van der Waals surface area contributed by atoms with Gasteiger partial charge in [-0.25, -0.2) is 13.4 Å². The molecule has 0 amide bonds. The molecule has 1 aromatic carbocycles. The third-order valence-electron chi connectivity index (χ3n) is 3.78. The topological polar surface area (TPSA) is 95.0 Å². The number of aromatic nitrogens is 6. The van der Waals surface area contributed by atoms with Crippen molar-refractivity contribution in [3.63, 3.8) is 0 Å². The lowest BCUT2D eigenvalue weighted by molar-refractivity contribution is 0.602. The van der Waals surface area contributed by atoms with Gasteiger partial charge in [0, 0.05) is 12.5 Å². The maximum Gasteiger partial charge on any atom is 0.175 e. The van der Waals surface area contributed by atoms with Crippen LogP contribution in [0.2, 0.25) is 0 Å². The van der Waals surface area contributed by atoms with Crippen LogP contribution in [0.3, 0.4) is 0 Å². The van der Waals surface area contributed by atoms with Crippen molar-refractivity contribution in [2.45, 2.75) is 15.8 Å². The average molecular weight is 386 g/mol. The average Bonchev–Trinajstić information content (AvgIpc) is 3.26. The zero-order chi connectivity index (χ0) is 18.1. The van der Waals surface area contributed by atoms with Gasteiger partial charge in [-0.3, -0.25) is 4.40 Å². The van der Waals surface area contributed by atoms with Crippen molar-refractivity contribution in [3.8, 4) is 5.69 Å². The van der Waals surface area contributed by atoms with E-state index in [9.17, 15) is 8.42 Å². The number of nitrogens with zero attached hydrogens (tertiary/aromatic N) is 6. The normalized spacial score (nSPS) is 11.9. The van der Waals surface area contributed by atoms with Crippen LogP contribution < -0.4 is 0 Å². The van der Waals surface area contributed by atoms with E-state index in [4.69, 9.17) is 0 Å². The number of hydrogen-bond acceptors (Lipinski definition) is 7. The van der Waals surface area contributed by atoms with E-state index in [1.807, 2.05) is 35.0 Å². The number of thioether (sulfide) groups is 1. The summed E-state index contributed by atoms with van der Waals surface area (Å²) in [6.07, 6.45) is 4.95. The maximum absolute atomic E-state index is 11.6. The second-order valence-corrected chi connectivity index (χ2v) is 8.56. The Hall–Kier alpha value is -2.72. The first-order valence-corrected chi connectivity index (χ1v) is 10.5. The Morgan fingerprint density at radius 2 is 1.92 bits per heavy atom. The number of sulfone groups is 1. The highest BCUT2D eigenvalue weighted by atomic mass is 32.2. The smallest absolute Gasteiger partial charge is 0.175 e. The molecule has 0 saturated carbocycles. The van der Waals surface area contributed by atoms with E-state index in [0.29, 0.717) is 17.3 Å². The molecule has 132 valence electrons. The van der Waals surface area contributed by atoms with Crippen molar-refractivity contribution >= 4 is 27.1 Å². The van der Waals surface area contributed by atoms with Crippen molar-refractivity contribution < 1.29 is 8.42 Å². The van der Waals surface area contributed by atoms with E-state index < -0.39 is 9.84 Å². The SMILES string of the molecule is CS(=O)(=O)c1ccc(-n2nnnc2CSc2ncc3ccccn23)cc1. The van der Waals surface area contributed by atoms with Crippen molar-refractivity contribution in [1.29, 1.82) is 0 Å². The maximum atomic E-state index is 11.6. The lowest BCUT2D eigenvalue weighted by atomic mass is 10.3. The predicted molar refractivity (Wildman–Crippen MR) is 97.0 cm³/mol. The van der Waals surface area contributed by atoms with Crippen molar-refractivity contribution in [2.75, 3.05) is 6.26 Å². The molecule has 8 nitrogen and oxygen atoms in total. The number of imidazole rings is 1. The van der Waals surface area contributed by atoms with Gasteiger partial charge < -0.3 is 0 Å². The first kappa shape index (κ1) is 16.7. The third kappa shape index (κ3) is 3.20. The lowest BCUT2D eigenvalue weighted by Crippen LogP contribution is -2.03. The van der Waals surface area contributed by atoms with Crippen LogP contribution in [0.1, 0.15) is 5.82 Å². The van der Waals surface area contributed by atoms with Gasteiger partial charge in [0.15, 0.2) is 20.8 Å². The van der Waals surface area contributed by atoms with E-state index in [0.717, 1.165) is 10.7 Å². The molecule has 0 N–H and O–H groups in total. The third-order valence-corrected chi connectivity index (χ3v) is 5.87. The number of pyridine rings is 1. The Kier molecular flexibility index (Phi) is 4.21. The van der Waals surface area contributed by atoms with Crippen LogP contribution in [-0.4, -0.2) is 44.3 Å². The van der Waals surface area contributed by atoms with Crippen LogP contribution in [0.5, 0.6) is 0 Å². The van der Waals surface area contributed by atoms with Crippen LogP contribution in [-0.2, 0) is 15.6 Å². The monoisotopic (exact) mass is 386 g/mol. The Balaban J connectivity index is 1.57. The molecular formula is C16H14N6O2S2. The van der Waals surface area contributed by atoms with Crippen molar-refractivity contribution in [2.24, 2.45) is 0 Å². The summed E-state index contributed by atoms with van der Waals surface area (Å²) in [5.74, 6) is 1.17. The molecule has 10 heteroatoms. The largest absolute Gasteiger partial charge is 0.295 e. The van der Waals surface area contributed by atoms with Gasteiger partial charge >= 0.3 is 0 Å². The minimum atomic E-state index is -3.24. The molecule has 0 aliphatic heterocycles. The molecule has 0 aliphatic carbocycles. The quantitative estimate of drug-likeness (QED) is 0.484. The highest BCUT2D eigenvalue weighted by Crippen LogP contribution is 2.23. The number of rotatable bonds is 5. The molecule has 0 fully saturated rings. The Bertz CT molecular complexity index is 1160. The summed E-state index contributed by atoms with van der Waals surface area (Å²) in [4.78, 5) is 4.68. The molecule has 4 aromatic rings. The van der Waals surface area contributed by atoms with Gasteiger partial charge in [0.05, 0.1) is 28.0 Å². The van der Waals surface area contributed by atoms with Crippen LogP contribution >= 0.6 is 11.8 Å². The zero-order valence-electron chi connectivity index (χ0n) is 13.7. The first-order valence-electron chi connectivity index (χ1n) is 7.65. The lowest BCUT2D eigenvalue weighted by Gasteiger charge is -2.05. The highest BCUT2D eigenvalue weighted by molar-refractivity contribution is 7.98. The summed E-state index contributed by atoms with van der Waals surface area (Å²) in [7, 11) is -3.24. The van der Waals surface area contributed by atoms with E-state index in [1.165, 1.54) is 18.0 Å². The molecule has 3 aromatic heterocycles. The van der Waals surface area contributed by atoms with Crippen molar-refractivity contribution in [1.82, 2.24) is 29.6 Å². The molecule has 26 heavy (non-hydrogen) atoms. The van der Waals surface area contributed by atoms with Crippen molar-refractivity contribution in [3.05, 3.63) is 60.7 Å². The molecule has 4 rings (SSSR count). The van der Waals surface area contributed by atoms with Gasteiger partial charge in [0.1, 0.15) is 0 Å². The van der Waals surface area contributed by atoms with Crippen LogP contribution in [0.15, 0.2) is 64.9 Å². The molecule has 0 unspecified atom stereocenters. The van der Waals surface area contributed by atoms with Crippen LogP contribution in [0.25, 0.3) is 11.2 Å². The van der Waals surface area contributed by atoms with Gasteiger partial charge in [-0.1, -0.05) is 17.8 Å². The minimum Gasteiger partial charge on any atom is -0.295 e. The summed E-state index contributed by atoms with van der Waals surface area (Å²) >= 11 is 1.52. The van der Waals surface area contributed by atoms with Gasteiger partial charge in [-0.15, -0.1) is 5.10 Å². The molecular weight excluding hydrogens is 372 g/mol. The predicted octanol–water partition coefficient (Wildman–Crippen LogP) is 2.01. The van der Waals surface area contributed by atoms with Crippen LogP contribution in [0, 0.1) is 0 Å². The summed E-state index contributed by atoms with van der Waals surface area (Å²) in [5.41, 5.74) is 1.72. The second kappa shape index (κ2) is 6.54. The van der Waals surface area contributed by atoms with E-state index in [-0.39, 0.29) is 4.90 Å². The molecule has 0 bridgehead atoms. The Labute approximate surface area is 153 Å². The minimum absolute atomic E-state index is 0.258. The molecule has 3 heterocycles. The van der Waals surface area contributed by atoms with Gasteiger partial charge in [-0.05, 0) is 46.8 Å². The Morgan fingerprint density at radius 3 is 2.69 bits per heavy atom. The second-order valence-electron chi connectivity index (χ2n) is 5.60. The van der Waals surface area contributed by atoms with Gasteiger partial charge in [-0.2, -0.15) is 4.68 Å².